The molecule has 4 heterocycles. The normalized spacial score (nSPS) is 12.2. The second-order valence-corrected chi connectivity index (χ2v) is 7.31. The Labute approximate surface area is 182 Å². The van der Waals surface area contributed by atoms with E-state index in [0.717, 1.165) is 11.3 Å². The Hall–Kier alpha value is -4.18. The Balaban J connectivity index is 1.48. The summed E-state index contributed by atoms with van der Waals surface area (Å²) < 4.78 is 17.7. The lowest BCUT2D eigenvalue weighted by Gasteiger charge is -2.17. The minimum absolute atomic E-state index is 0.0825. The molecule has 0 fully saturated rings. The number of aliphatic hydroxyl groups is 1. The number of benzene rings is 1. The molecule has 10 heteroatoms. The number of fused-ring (bicyclic) bond motifs is 1. The monoisotopic (exact) mass is 430 g/mol. The molecule has 5 aromatic rings. The number of aliphatic hydroxyl groups excluding tert-OH is 1. The van der Waals surface area contributed by atoms with Gasteiger partial charge in [0.05, 0.1) is 35.2 Å². The van der Waals surface area contributed by atoms with Gasteiger partial charge in [-0.25, -0.2) is 13.9 Å². The van der Waals surface area contributed by atoms with Crippen LogP contribution in [0.4, 0.5) is 10.1 Å². The topological polar surface area (TPSA) is 106 Å². The fourth-order valence-corrected chi connectivity index (χ4v) is 3.45. The molecular weight excluding hydrogens is 411 g/mol. The summed E-state index contributed by atoms with van der Waals surface area (Å²) in [5.74, 6) is -0.102. The van der Waals surface area contributed by atoms with Crippen LogP contribution in [0.1, 0.15) is 17.6 Å². The van der Waals surface area contributed by atoms with Gasteiger partial charge in [0.1, 0.15) is 0 Å². The number of pyridine rings is 1. The van der Waals surface area contributed by atoms with Crippen LogP contribution in [0.2, 0.25) is 0 Å². The first-order chi connectivity index (χ1) is 15.5. The maximum atomic E-state index is 14.8. The van der Waals surface area contributed by atoms with E-state index < -0.39 is 12.0 Å². The maximum Gasteiger partial charge on any atom is 0.182 e. The average molecular weight is 430 g/mol. The third-order valence-electron chi connectivity index (χ3n) is 5.07. The van der Waals surface area contributed by atoms with E-state index in [1.54, 1.807) is 19.3 Å². The van der Waals surface area contributed by atoms with Gasteiger partial charge in [0.15, 0.2) is 23.5 Å². The Bertz CT molecular complexity index is 1400. The maximum absolute atomic E-state index is 14.8. The standard InChI is InChI=1S/C22H19FN8O/c1-13-8-9-17(28-27-13)15-11-24-30(2)20(15)22(32)25-18-10-19-26-21(14-6-4-3-5-7-14)29-31(19)12-16(18)23/h3-12,22,25,32H,1-2H3. The summed E-state index contributed by atoms with van der Waals surface area (Å²) in [4.78, 5) is 4.47. The van der Waals surface area contributed by atoms with Gasteiger partial charge in [-0.2, -0.15) is 15.3 Å². The molecule has 2 N–H and O–H groups in total. The van der Waals surface area contributed by atoms with Crippen molar-refractivity contribution < 1.29 is 9.50 Å². The Kier molecular flexibility index (Phi) is 4.83. The number of aryl methyl sites for hydroxylation is 2. The van der Waals surface area contributed by atoms with Gasteiger partial charge in [0.25, 0.3) is 0 Å². The van der Waals surface area contributed by atoms with Crippen LogP contribution in [0.3, 0.4) is 0 Å². The lowest BCUT2D eigenvalue weighted by atomic mass is 10.1. The third kappa shape index (κ3) is 3.56. The highest BCUT2D eigenvalue weighted by atomic mass is 19.1. The predicted octanol–water partition coefficient (Wildman–Crippen LogP) is 3.14. The summed E-state index contributed by atoms with van der Waals surface area (Å²) >= 11 is 0. The van der Waals surface area contributed by atoms with Gasteiger partial charge in [-0.3, -0.25) is 4.68 Å². The molecule has 0 spiro atoms. The second-order valence-electron chi connectivity index (χ2n) is 7.31. The van der Waals surface area contributed by atoms with Crippen molar-refractivity contribution in [3.8, 4) is 22.6 Å². The second kappa shape index (κ2) is 7.82. The minimum Gasteiger partial charge on any atom is -0.368 e. The molecule has 0 aliphatic heterocycles. The van der Waals surface area contributed by atoms with Gasteiger partial charge in [-0.1, -0.05) is 30.3 Å². The zero-order valence-electron chi connectivity index (χ0n) is 17.3. The number of hydrogen-bond acceptors (Lipinski definition) is 7. The Morgan fingerprint density at radius 1 is 1.09 bits per heavy atom. The number of nitrogens with zero attached hydrogens (tertiary/aromatic N) is 7. The number of hydrogen-bond donors (Lipinski definition) is 2. The number of rotatable bonds is 5. The van der Waals surface area contributed by atoms with E-state index in [1.165, 1.54) is 21.5 Å². The first-order valence-corrected chi connectivity index (χ1v) is 9.88. The highest BCUT2D eigenvalue weighted by Gasteiger charge is 2.21. The van der Waals surface area contributed by atoms with Crippen LogP contribution in [0, 0.1) is 12.7 Å². The molecule has 5 rings (SSSR count). The minimum atomic E-state index is -1.26. The summed E-state index contributed by atoms with van der Waals surface area (Å²) in [5, 5.41) is 30.5. The summed E-state index contributed by atoms with van der Waals surface area (Å²) in [7, 11) is 1.69. The average Bonchev–Trinajstić information content (AvgIpc) is 3.38. The largest absolute Gasteiger partial charge is 0.368 e. The molecule has 0 aliphatic rings. The zero-order chi connectivity index (χ0) is 22.2. The molecule has 1 aromatic carbocycles. The van der Waals surface area contributed by atoms with E-state index in [9.17, 15) is 9.50 Å². The van der Waals surface area contributed by atoms with Gasteiger partial charge in [0.2, 0.25) is 0 Å². The number of nitrogens with one attached hydrogen (secondary N) is 1. The van der Waals surface area contributed by atoms with Crippen molar-refractivity contribution in [1.29, 1.82) is 0 Å². The molecule has 4 aromatic heterocycles. The zero-order valence-corrected chi connectivity index (χ0v) is 17.3. The Morgan fingerprint density at radius 3 is 2.66 bits per heavy atom. The number of aromatic nitrogens is 7. The smallest absolute Gasteiger partial charge is 0.182 e. The van der Waals surface area contributed by atoms with Crippen molar-refractivity contribution in [2.24, 2.45) is 7.05 Å². The summed E-state index contributed by atoms with van der Waals surface area (Å²) in [5.41, 5.74) is 3.69. The van der Waals surface area contributed by atoms with Crippen LogP contribution in [0.25, 0.3) is 28.3 Å². The van der Waals surface area contributed by atoms with Crippen LogP contribution >= 0.6 is 0 Å². The van der Waals surface area contributed by atoms with Crippen LogP contribution in [-0.2, 0) is 7.05 Å². The summed E-state index contributed by atoms with van der Waals surface area (Å²) in [6.45, 7) is 1.84. The van der Waals surface area contributed by atoms with Gasteiger partial charge in [-0.15, -0.1) is 5.10 Å². The SMILES string of the molecule is Cc1ccc(-c2cnn(C)c2C(O)Nc2cc3nc(-c4ccccc4)nn3cc2F)nn1. The molecule has 1 unspecified atom stereocenters. The highest BCUT2D eigenvalue weighted by Crippen LogP contribution is 2.29. The predicted molar refractivity (Wildman–Crippen MR) is 116 cm³/mol. The first-order valence-electron chi connectivity index (χ1n) is 9.88. The van der Waals surface area contributed by atoms with Gasteiger partial charge >= 0.3 is 0 Å². The lowest BCUT2D eigenvalue weighted by Crippen LogP contribution is -2.16. The number of anilines is 1. The lowest BCUT2D eigenvalue weighted by molar-refractivity contribution is 0.198. The van der Waals surface area contributed by atoms with Gasteiger partial charge < -0.3 is 10.4 Å². The van der Waals surface area contributed by atoms with E-state index in [0.29, 0.717) is 28.4 Å². The molecule has 0 aliphatic carbocycles. The molecule has 0 radical (unpaired) electrons. The van der Waals surface area contributed by atoms with E-state index in [1.807, 2.05) is 43.3 Å². The molecule has 9 nitrogen and oxygen atoms in total. The van der Waals surface area contributed by atoms with E-state index in [2.05, 4.69) is 30.7 Å². The highest BCUT2D eigenvalue weighted by molar-refractivity contribution is 5.64. The van der Waals surface area contributed by atoms with Crippen molar-refractivity contribution in [1.82, 2.24) is 34.6 Å². The summed E-state index contributed by atoms with van der Waals surface area (Å²) in [6, 6.07) is 14.5. The molecule has 0 saturated heterocycles. The molecule has 0 saturated carbocycles. The fraction of sp³-hybridized carbons (Fsp3) is 0.136. The van der Waals surface area contributed by atoms with Gasteiger partial charge in [0, 0.05) is 24.2 Å². The van der Waals surface area contributed by atoms with Crippen molar-refractivity contribution in [3.63, 3.8) is 0 Å². The first kappa shape index (κ1) is 19.8. The quantitative estimate of drug-likeness (QED) is 0.413. The van der Waals surface area contributed by atoms with Crippen LogP contribution in [0.15, 0.2) is 60.9 Å². The third-order valence-corrected chi connectivity index (χ3v) is 5.07. The van der Waals surface area contributed by atoms with E-state index >= 15 is 0 Å². The Morgan fingerprint density at radius 2 is 1.91 bits per heavy atom. The van der Waals surface area contributed by atoms with Crippen LogP contribution < -0.4 is 5.32 Å². The molecule has 0 bridgehead atoms. The van der Waals surface area contributed by atoms with E-state index in [4.69, 9.17) is 0 Å². The molecule has 0 amide bonds. The van der Waals surface area contributed by atoms with Crippen LogP contribution in [-0.4, -0.2) is 39.7 Å². The van der Waals surface area contributed by atoms with Crippen LogP contribution in [0.5, 0.6) is 0 Å². The summed E-state index contributed by atoms with van der Waals surface area (Å²) in [6.07, 6.45) is 1.55. The van der Waals surface area contributed by atoms with E-state index in [-0.39, 0.29) is 5.69 Å². The van der Waals surface area contributed by atoms with Crippen molar-refractivity contribution in [2.75, 3.05) is 5.32 Å². The van der Waals surface area contributed by atoms with Gasteiger partial charge in [-0.05, 0) is 19.1 Å². The number of halogens is 1. The van der Waals surface area contributed by atoms with Crippen molar-refractivity contribution in [2.45, 2.75) is 13.2 Å². The fourth-order valence-electron chi connectivity index (χ4n) is 3.45. The van der Waals surface area contributed by atoms with Crippen molar-refractivity contribution >= 4 is 11.3 Å². The molecular formula is C22H19FN8O. The molecule has 160 valence electrons. The molecule has 32 heavy (non-hydrogen) atoms. The molecule has 1 atom stereocenters. The van der Waals surface area contributed by atoms with Crippen molar-refractivity contribution in [3.05, 3.63) is 78.1 Å².